The zero-order valence-corrected chi connectivity index (χ0v) is 13.8. The molecule has 1 aromatic carbocycles. The SMILES string of the molecule is CCCNC(CCc1cccc2cnccc12)C(C)(C)C. The fourth-order valence-electron chi connectivity index (χ4n) is 2.87. The molecule has 2 aromatic rings. The third kappa shape index (κ3) is 4.28. The van der Waals surface area contributed by atoms with Crippen LogP contribution < -0.4 is 5.32 Å². The minimum absolute atomic E-state index is 0.293. The molecule has 0 amide bonds. The number of rotatable bonds is 6. The number of benzene rings is 1. The molecule has 1 heterocycles. The van der Waals surface area contributed by atoms with Gasteiger partial charge in [-0.25, -0.2) is 0 Å². The standard InChI is InChI=1S/C19H28N2/c1-5-12-21-18(19(2,3)4)10-9-15-7-6-8-16-14-20-13-11-17(15)16/h6-8,11,13-14,18,21H,5,9-10,12H2,1-4H3. The van der Waals surface area contributed by atoms with Gasteiger partial charge in [0.25, 0.3) is 0 Å². The lowest BCUT2D eigenvalue weighted by Crippen LogP contribution is -2.41. The molecule has 0 aliphatic heterocycles. The molecular formula is C19H28N2. The number of aromatic nitrogens is 1. The third-order valence-electron chi connectivity index (χ3n) is 4.16. The Bertz CT molecular complexity index is 564. The van der Waals surface area contributed by atoms with Crippen molar-refractivity contribution < 1.29 is 0 Å². The molecule has 114 valence electrons. The van der Waals surface area contributed by atoms with Crippen molar-refractivity contribution in [2.75, 3.05) is 6.54 Å². The Morgan fingerprint density at radius 3 is 2.71 bits per heavy atom. The molecule has 0 aliphatic rings. The van der Waals surface area contributed by atoms with Crippen LogP contribution in [-0.2, 0) is 6.42 Å². The Morgan fingerprint density at radius 1 is 1.19 bits per heavy atom. The van der Waals surface area contributed by atoms with Crippen molar-refractivity contribution in [2.45, 2.75) is 53.0 Å². The second-order valence-electron chi connectivity index (χ2n) is 6.93. The van der Waals surface area contributed by atoms with Crippen LogP contribution >= 0.6 is 0 Å². The zero-order chi connectivity index (χ0) is 15.3. The lowest BCUT2D eigenvalue weighted by atomic mass is 9.83. The van der Waals surface area contributed by atoms with E-state index in [1.807, 2.05) is 12.4 Å². The van der Waals surface area contributed by atoms with Crippen LogP contribution in [0.4, 0.5) is 0 Å². The minimum Gasteiger partial charge on any atom is -0.313 e. The van der Waals surface area contributed by atoms with Gasteiger partial charge in [0.1, 0.15) is 0 Å². The molecule has 21 heavy (non-hydrogen) atoms. The van der Waals surface area contributed by atoms with E-state index in [1.165, 1.54) is 29.2 Å². The molecule has 1 unspecified atom stereocenters. The average Bonchev–Trinajstić information content (AvgIpc) is 2.46. The van der Waals surface area contributed by atoms with E-state index in [1.54, 1.807) is 0 Å². The summed E-state index contributed by atoms with van der Waals surface area (Å²) >= 11 is 0. The van der Waals surface area contributed by atoms with E-state index in [0.29, 0.717) is 11.5 Å². The first kappa shape index (κ1) is 16.0. The van der Waals surface area contributed by atoms with E-state index in [-0.39, 0.29) is 0 Å². The van der Waals surface area contributed by atoms with E-state index >= 15 is 0 Å². The first-order valence-corrected chi connectivity index (χ1v) is 8.07. The van der Waals surface area contributed by atoms with Gasteiger partial charge in [0.15, 0.2) is 0 Å². The summed E-state index contributed by atoms with van der Waals surface area (Å²) < 4.78 is 0. The van der Waals surface area contributed by atoms with Crippen molar-refractivity contribution in [3.63, 3.8) is 0 Å². The Labute approximate surface area is 129 Å². The first-order valence-electron chi connectivity index (χ1n) is 8.07. The molecule has 0 saturated carbocycles. The van der Waals surface area contributed by atoms with Crippen molar-refractivity contribution in [1.82, 2.24) is 10.3 Å². The molecule has 1 aromatic heterocycles. The predicted octanol–water partition coefficient (Wildman–Crippen LogP) is 4.58. The number of hydrogen-bond donors (Lipinski definition) is 1. The van der Waals surface area contributed by atoms with Crippen LogP contribution in [-0.4, -0.2) is 17.6 Å². The fraction of sp³-hybridized carbons (Fsp3) is 0.526. The molecule has 2 nitrogen and oxygen atoms in total. The average molecular weight is 284 g/mol. The van der Waals surface area contributed by atoms with Gasteiger partial charge in [-0.05, 0) is 48.2 Å². The zero-order valence-electron chi connectivity index (χ0n) is 13.8. The lowest BCUT2D eigenvalue weighted by Gasteiger charge is -2.32. The summed E-state index contributed by atoms with van der Waals surface area (Å²) in [6.07, 6.45) is 7.31. The largest absolute Gasteiger partial charge is 0.313 e. The van der Waals surface area contributed by atoms with E-state index in [0.717, 1.165) is 13.0 Å². The summed E-state index contributed by atoms with van der Waals surface area (Å²) in [4.78, 5) is 4.22. The smallest absolute Gasteiger partial charge is 0.0346 e. The van der Waals surface area contributed by atoms with Crippen LogP contribution in [0.5, 0.6) is 0 Å². The number of hydrogen-bond acceptors (Lipinski definition) is 2. The van der Waals surface area contributed by atoms with Crippen LogP contribution in [0.3, 0.4) is 0 Å². The van der Waals surface area contributed by atoms with Crippen LogP contribution in [0.25, 0.3) is 10.8 Å². The molecule has 2 rings (SSSR count). The fourth-order valence-corrected chi connectivity index (χ4v) is 2.87. The Morgan fingerprint density at radius 2 is 2.00 bits per heavy atom. The first-order chi connectivity index (χ1) is 10.0. The number of nitrogens with one attached hydrogen (secondary N) is 1. The van der Waals surface area contributed by atoms with Crippen LogP contribution in [0.15, 0.2) is 36.7 Å². The van der Waals surface area contributed by atoms with Gasteiger partial charge in [-0.1, -0.05) is 45.9 Å². The number of fused-ring (bicyclic) bond motifs is 1. The summed E-state index contributed by atoms with van der Waals surface area (Å²) in [5.41, 5.74) is 1.73. The molecule has 0 aliphatic carbocycles. The van der Waals surface area contributed by atoms with Gasteiger partial charge in [0.05, 0.1) is 0 Å². The van der Waals surface area contributed by atoms with Crippen LogP contribution in [0.2, 0.25) is 0 Å². The molecule has 0 fully saturated rings. The molecule has 0 spiro atoms. The van der Waals surface area contributed by atoms with E-state index in [2.05, 4.69) is 62.3 Å². The second-order valence-corrected chi connectivity index (χ2v) is 6.93. The van der Waals surface area contributed by atoms with Gasteiger partial charge >= 0.3 is 0 Å². The van der Waals surface area contributed by atoms with Gasteiger partial charge < -0.3 is 5.32 Å². The number of pyridine rings is 1. The number of nitrogens with zero attached hydrogens (tertiary/aromatic N) is 1. The summed E-state index contributed by atoms with van der Waals surface area (Å²) in [5, 5.41) is 6.30. The molecule has 1 atom stereocenters. The predicted molar refractivity (Wildman–Crippen MR) is 91.6 cm³/mol. The van der Waals surface area contributed by atoms with Gasteiger partial charge in [0.2, 0.25) is 0 Å². The van der Waals surface area contributed by atoms with Crippen LogP contribution in [0.1, 0.15) is 46.1 Å². The molecule has 2 heteroatoms. The van der Waals surface area contributed by atoms with Crippen molar-refractivity contribution in [3.8, 4) is 0 Å². The Hall–Kier alpha value is -1.41. The molecule has 0 saturated heterocycles. The van der Waals surface area contributed by atoms with Crippen molar-refractivity contribution in [2.24, 2.45) is 5.41 Å². The highest BCUT2D eigenvalue weighted by atomic mass is 14.9. The number of aryl methyl sites for hydroxylation is 1. The topological polar surface area (TPSA) is 24.9 Å². The Kier molecular flexibility index (Phi) is 5.35. The van der Waals surface area contributed by atoms with Gasteiger partial charge in [-0.15, -0.1) is 0 Å². The molecule has 1 N–H and O–H groups in total. The highest BCUT2D eigenvalue weighted by Gasteiger charge is 2.23. The normalized spacial score (nSPS) is 13.5. The van der Waals surface area contributed by atoms with Gasteiger partial charge in [-0.3, -0.25) is 4.98 Å². The van der Waals surface area contributed by atoms with E-state index in [9.17, 15) is 0 Å². The van der Waals surface area contributed by atoms with Gasteiger partial charge in [0, 0.05) is 23.8 Å². The van der Waals surface area contributed by atoms with E-state index in [4.69, 9.17) is 0 Å². The summed E-state index contributed by atoms with van der Waals surface area (Å²) in [6, 6.07) is 9.22. The third-order valence-corrected chi connectivity index (χ3v) is 4.16. The maximum Gasteiger partial charge on any atom is 0.0346 e. The molecule has 0 bridgehead atoms. The van der Waals surface area contributed by atoms with Crippen molar-refractivity contribution >= 4 is 10.8 Å². The van der Waals surface area contributed by atoms with Crippen molar-refractivity contribution in [1.29, 1.82) is 0 Å². The maximum atomic E-state index is 4.22. The monoisotopic (exact) mass is 284 g/mol. The minimum atomic E-state index is 0.293. The quantitative estimate of drug-likeness (QED) is 0.839. The highest BCUT2D eigenvalue weighted by Crippen LogP contribution is 2.25. The summed E-state index contributed by atoms with van der Waals surface area (Å²) in [5.74, 6) is 0. The highest BCUT2D eigenvalue weighted by molar-refractivity contribution is 5.84. The lowest BCUT2D eigenvalue weighted by molar-refractivity contribution is 0.255. The summed E-state index contributed by atoms with van der Waals surface area (Å²) in [6.45, 7) is 10.3. The molecular weight excluding hydrogens is 256 g/mol. The van der Waals surface area contributed by atoms with Crippen molar-refractivity contribution in [3.05, 3.63) is 42.2 Å². The second kappa shape index (κ2) is 7.04. The molecule has 0 radical (unpaired) electrons. The van der Waals surface area contributed by atoms with Gasteiger partial charge in [-0.2, -0.15) is 0 Å². The summed E-state index contributed by atoms with van der Waals surface area (Å²) in [7, 11) is 0. The van der Waals surface area contributed by atoms with E-state index < -0.39 is 0 Å². The Balaban J connectivity index is 2.12. The maximum absolute atomic E-state index is 4.22. The van der Waals surface area contributed by atoms with Crippen LogP contribution in [0, 0.1) is 5.41 Å².